The summed E-state index contributed by atoms with van der Waals surface area (Å²) in [5.41, 5.74) is 0.364. The summed E-state index contributed by atoms with van der Waals surface area (Å²) in [6, 6.07) is 0.146. The van der Waals surface area contributed by atoms with E-state index in [1.165, 1.54) is 6.20 Å². The predicted octanol–water partition coefficient (Wildman–Crippen LogP) is 1.80. The molecule has 1 rings (SSSR count). The second-order valence-corrected chi connectivity index (χ2v) is 4.57. The molecule has 1 aromatic rings. The highest BCUT2D eigenvalue weighted by atomic mass is 16.5. The van der Waals surface area contributed by atoms with E-state index in [2.05, 4.69) is 22.2 Å². The molecule has 20 heavy (non-hydrogen) atoms. The van der Waals surface area contributed by atoms with E-state index in [0.717, 1.165) is 13.0 Å². The smallest absolute Gasteiger partial charge is 0.274 e. The van der Waals surface area contributed by atoms with Crippen LogP contribution in [0.4, 0.5) is 5.82 Å². The molecule has 0 aliphatic heterocycles. The second kappa shape index (κ2) is 8.47. The molecule has 112 valence electrons. The third kappa shape index (κ3) is 4.45. The van der Waals surface area contributed by atoms with Gasteiger partial charge in [0, 0.05) is 26.2 Å². The van der Waals surface area contributed by atoms with Crippen LogP contribution in [0, 0.1) is 0 Å². The molecule has 1 heterocycles. The van der Waals surface area contributed by atoms with Gasteiger partial charge in [0.15, 0.2) is 0 Å². The fourth-order valence-electron chi connectivity index (χ4n) is 1.79. The molecule has 1 unspecified atom stereocenters. The molecule has 0 radical (unpaired) electrons. The second-order valence-electron chi connectivity index (χ2n) is 4.57. The zero-order valence-corrected chi connectivity index (χ0v) is 12.7. The van der Waals surface area contributed by atoms with Gasteiger partial charge in [-0.3, -0.25) is 4.79 Å². The van der Waals surface area contributed by atoms with Crippen LogP contribution in [0.1, 0.15) is 37.7 Å². The first kappa shape index (κ1) is 16.4. The number of hydrogen-bond donors (Lipinski definition) is 1. The Labute approximate surface area is 120 Å². The van der Waals surface area contributed by atoms with E-state index >= 15 is 0 Å². The number of aromatic nitrogens is 2. The minimum Gasteiger partial charge on any atom is -0.383 e. The summed E-state index contributed by atoms with van der Waals surface area (Å²) in [5, 5.41) is 3.05. The first-order valence-corrected chi connectivity index (χ1v) is 6.99. The first-order chi connectivity index (χ1) is 9.63. The Kier molecular flexibility index (Phi) is 6.93. The van der Waals surface area contributed by atoms with Gasteiger partial charge in [-0.25, -0.2) is 9.97 Å². The number of amides is 1. The molecule has 1 amide bonds. The van der Waals surface area contributed by atoms with Gasteiger partial charge < -0.3 is 15.0 Å². The molecule has 1 aromatic heterocycles. The maximum Gasteiger partial charge on any atom is 0.274 e. The van der Waals surface area contributed by atoms with E-state index in [-0.39, 0.29) is 11.9 Å². The third-order valence-corrected chi connectivity index (χ3v) is 3.15. The Morgan fingerprint density at radius 1 is 1.40 bits per heavy atom. The molecule has 6 heteroatoms. The Hall–Kier alpha value is -1.69. The molecule has 0 spiro atoms. The van der Waals surface area contributed by atoms with Crippen molar-refractivity contribution in [2.24, 2.45) is 0 Å². The highest BCUT2D eigenvalue weighted by molar-refractivity contribution is 5.92. The van der Waals surface area contributed by atoms with Gasteiger partial charge in [-0.1, -0.05) is 6.92 Å². The van der Waals surface area contributed by atoms with Crippen LogP contribution in [-0.2, 0) is 4.74 Å². The summed E-state index contributed by atoms with van der Waals surface area (Å²) in [5.74, 6) is 0.572. The average Bonchev–Trinajstić information content (AvgIpc) is 2.48. The molecular weight excluding hydrogens is 256 g/mol. The number of nitrogens with one attached hydrogen (secondary N) is 1. The van der Waals surface area contributed by atoms with Gasteiger partial charge in [0.05, 0.1) is 19.0 Å². The van der Waals surface area contributed by atoms with E-state index in [9.17, 15) is 4.79 Å². The average molecular weight is 280 g/mol. The zero-order valence-electron chi connectivity index (χ0n) is 12.7. The van der Waals surface area contributed by atoms with Gasteiger partial charge >= 0.3 is 0 Å². The summed E-state index contributed by atoms with van der Waals surface area (Å²) in [4.78, 5) is 22.6. The Bertz CT molecular complexity index is 408. The highest BCUT2D eigenvalue weighted by Crippen LogP contribution is 2.10. The lowest BCUT2D eigenvalue weighted by Gasteiger charge is -2.28. The van der Waals surface area contributed by atoms with Crippen LogP contribution in [-0.4, -0.2) is 53.6 Å². The summed E-state index contributed by atoms with van der Waals surface area (Å²) < 4.78 is 5.06. The van der Waals surface area contributed by atoms with Gasteiger partial charge in [-0.15, -0.1) is 0 Å². The lowest BCUT2D eigenvalue weighted by atomic mass is 10.2. The number of anilines is 1. The Balaban J connectivity index is 2.82. The quantitative estimate of drug-likeness (QED) is 0.786. The van der Waals surface area contributed by atoms with E-state index in [1.54, 1.807) is 18.2 Å². The van der Waals surface area contributed by atoms with E-state index in [4.69, 9.17) is 4.74 Å². The van der Waals surface area contributed by atoms with Crippen molar-refractivity contribution in [3.8, 4) is 0 Å². The maximum atomic E-state index is 12.5. The minimum absolute atomic E-state index is 0.105. The van der Waals surface area contributed by atoms with Crippen molar-refractivity contribution in [2.75, 3.05) is 32.1 Å². The number of rotatable bonds is 8. The highest BCUT2D eigenvalue weighted by Gasteiger charge is 2.21. The maximum absolute atomic E-state index is 12.5. The lowest BCUT2D eigenvalue weighted by Crippen LogP contribution is -2.40. The van der Waals surface area contributed by atoms with Crippen LogP contribution in [0.5, 0.6) is 0 Å². The Morgan fingerprint density at radius 2 is 2.15 bits per heavy atom. The van der Waals surface area contributed by atoms with Crippen molar-refractivity contribution in [2.45, 2.75) is 33.2 Å². The lowest BCUT2D eigenvalue weighted by molar-refractivity contribution is 0.0607. The molecule has 0 aliphatic rings. The summed E-state index contributed by atoms with van der Waals surface area (Å²) >= 11 is 0. The first-order valence-electron chi connectivity index (χ1n) is 6.99. The summed E-state index contributed by atoms with van der Waals surface area (Å²) in [6.45, 7) is 7.90. The van der Waals surface area contributed by atoms with Gasteiger partial charge in [0.1, 0.15) is 11.5 Å². The van der Waals surface area contributed by atoms with Crippen LogP contribution in [0.3, 0.4) is 0 Å². The van der Waals surface area contributed by atoms with Crippen LogP contribution in [0.25, 0.3) is 0 Å². The molecule has 0 bridgehead atoms. The van der Waals surface area contributed by atoms with Crippen molar-refractivity contribution < 1.29 is 9.53 Å². The standard InChI is InChI=1S/C14H24N4O2/c1-5-11(3)18(7-8-20-4)14(19)12-9-17-13(10-16-12)15-6-2/h9-11H,5-8H2,1-4H3,(H,15,17). The molecule has 1 N–H and O–H groups in total. The topological polar surface area (TPSA) is 67.4 Å². The van der Waals surface area contributed by atoms with Gasteiger partial charge in [-0.05, 0) is 20.3 Å². The number of methoxy groups -OCH3 is 1. The largest absolute Gasteiger partial charge is 0.383 e. The van der Waals surface area contributed by atoms with Crippen LogP contribution in [0.15, 0.2) is 12.4 Å². The normalized spacial score (nSPS) is 12.0. The van der Waals surface area contributed by atoms with Crippen molar-refractivity contribution >= 4 is 11.7 Å². The van der Waals surface area contributed by atoms with Crippen LogP contribution >= 0.6 is 0 Å². The SMILES string of the molecule is CCNc1cnc(C(=O)N(CCOC)C(C)CC)cn1. The zero-order chi connectivity index (χ0) is 15.0. The number of carbonyl (C=O) groups excluding carboxylic acids is 1. The monoisotopic (exact) mass is 280 g/mol. The number of carbonyl (C=O) groups is 1. The molecule has 0 fully saturated rings. The van der Waals surface area contributed by atoms with Crippen molar-refractivity contribution in [3.05, 3.63) is 18.1 Å². The fraction of sp³-hybridized carbons (Fsp3) is 0.643. The minimum atomic E-state index is -0.105. The van der Waals surface area contributed by atoms with Gasteiger partial charge in [0.25, 0.3) is 5.91 Å². The number of nitrogens with zero attached hydrogens (tertiary/aromatic N) is 3. The predicted molar refractivity (Wildman–Crippen MR) is 78.9 cm³/mol. The van der Waals surface area contributed by atoms with Crippen molar-refractivity contribution in [3.63, 3.8) is 0 Å². The van der Waals surface area contributed by atoms with Crippen LogP contribution < -0.4 is 5.32 Å². The molecule has 6 nitrogen and oxygen atoms in total. The van der Waals surface area contributed by atoms with Crippen LogP contribution in [0.2, 0.25) is 0 Å². The Morgan fingerprint density at radius 3 is 2.65 bits per heavy atom. The third-order valence-electron chi connectivity index (χ3n) is 3.15. The molecule has 0 aliphatic carbocycles. The summed E-state index contributed by atoms with van der Waals surface area (Å²) in [7, 11) is 1.63. The van der Waals surface area contributed by atoms with Crippen molar-refractivity contribution in [1.82, 2.24) is 14.9 Å². The number of ether oxygens (including phenoxy) is 1. The van der Waals surface area contributed by atoms with Gasteiger partial charge in [-0.2, -0.15) is 0 Å². The van der Waals surface area contributed by atoms with E-state index in [1.807, 2.05) is 13.8 Å². The van der Waals surface area contributed by atoms with Gasteiger partial charge in [0.2, 0.25) is 0 Å². The van der Waals surface area contributed by atoms with E-state index in [0.29, 0.717) is 24.7 Å². The molecule has 1 atom stereocenters. The summed E-state index contributed by atoms with van der Waals surface area (Å²) in [6.07, 6.45) is 3.99. The fourth-order valence-corrected chi connectivity index (χ4v) is 1.79. The molecular formula is C14H24N4O2. The molecule has 0 saturated carbocycles. The molecule has 0 aromatic carbocycles. The molecule has 0 saturated heterocycles. The van der Waals surface area contributed by atoms with Crippen molar-refractivity contribution in [1.29, 1.82) is 0 Å². The number of hydrogen-bond acceptors (Lipinski definition) is 5. The van der Waals surface area contributed by atoms with E-state index < -0.39 is 0 Å².